The van der Waals surface area contributed by atoms with Crippen molar-refractivity contribution in [1.82, 2.24) is 59.9 Å². The summed E-state index contributed by atoms with van der Waals surface area (Å²) < 4.78 is 34.5. The minimum absolute atomic E-state index is 0.0631. The number of amides is 1. The van der Waals surface area contributed by atoms with Gasteiger partial charge in [-0.2, -0.15) is 4.98 Å². The molecule has 0 spiro atoms. The van der Waals surface area contributed by atoms with Crippen molar-refractivity contribution in [3.8, 4) is 52.1 Å². The number of aromatic nitrogens is 12. The molecule has 93 heavy (non-hydrogen) atoms. The Kier molecular flexibility index (Phi) is 21.7. The van der Waals surface area contributed by atoms with Gasteiger partial charge in [0.25, 0.3) is 6.01 Å². The van der Waals surface area contributed by atoms with Crippen LogP contribution in [0.4, 0.5) is 11.8 Å². The van der Waals surface area contributed by atoms with Crippen molar-refractivity contribution in [1.29, 1.82) is 0 Å². The third kappa shape index (κ3) is 17.9. The highest BCUT2D eigenvalue weighted by Crippen LogP contribution is 2.40. The number of anilines is 2. The number of carbonyl (C=O) groups is 3. The minimum atomic E-state index is -0.752. The van der Waals surface area contributed by atoms with Crippen LogP contribution in [-0.4, -0.2) is 106 Å². The molecule has 5 aromatic heterocycles. The van der Waals surface area contributed by atoms with Gasteiger partial charge in [-0.05, 0) is 162 Å². The molecule has 5 saturated carbocycles. The summed E-state index contributed by atoms with van der Waals surface area (Å²) in [6, 6.07) is 27.5. The van der Waals surface area contributed by atoms with Crippen molar-refractivity contribution < 1.29 is 48.0 Å². The van der Waals surface area contributed by atoms with Crippen LogP contribution in [0.1, 0.15) is 168 Å². The molecule has 13 rings (SSSR count). The Balaban J connectivity index is 0.000000144. The molecule has 0 unspecified atom stereocenters. The number of rotatable bonds is 20. The standard InChI is InChI=1S/C25H31N5O4.C24H26N4O4.C20H25N5O2/c1-30-21(14-26-25-27-15-22(34-25)16-5-2-3-6-16)23(28-29-30)17-9-11-19(12-10-17)33-20-8-4-7-18(13-20)24(31)32;1-28-23(25-21(29)14-16-6-3-2-4-7-16)22(26-27-28)17-10-12-19(13-11-17)32-20-9-5-8-18(15-20)24(30)31;1-14-4-3-5-16(12-14)26-11-9-18-19(25(2)24-23-18)13-27-20-21-10-8-17(22-20)15-6-7-15/h9-12,15-16,18,20H,2-8,13-14H2,1H3,(H,26,27)(H,31,32);2-4,6-7,10-13,18,20H,5,8-9,14-15H2,1H3,(H,25,29)(H,30,31);8,10,14-16H,3-7,12-13H2,1-2H3/t2*18-,20-;14-,16-/m000/s1. The number of nitrogens with one attached hydrogen (secondary N) is 2. The van der Waals surface area contributed by atoms with Gasteiger partial charge < -0.3 is 44.2 Å². The van der Waals surface area contributed by atoms with Gasteiger partial charge in [0.15, 0.2) is 11.5 Å². The number of aliphatic carboxylic acids is 2. The molecule has 0 radical (unpaired) electrons. The lowest BCUT2D eigenvalue weighted by atomic mass is 9.87. The van der Waals surface area contributed by atoms with Crippen molar-refractivity contribution in [2.24, 2.45) is 38.9 Å². The number of hydrogen-bond acceptors (Lipinski definition) is 18. The molecule has 24 heteroatoms. The third-order valence-electron chi connectivity index (χ3n) is 17.9. The highest BCUT2D eigenvalue weighted by Gasteiger charge is 2.31. The van der Waals surface area contributed by atoms with Crippen molar-refractivity contribution >= 4 is 29.7 Å². The zero-order valence-corrected chi connectivity index (χ0v) is 53.2. The fourth-order valence-electron chi connectivity index (χ4n) is 12.5. The van der Waals surface area contributed by atoms with E-state index in [2.05, 4.69) is 75.5 Å². The smallest absolute Gasteiger partial charge is 0.316 e. The lowest BCUT2D eigenvalue weighted by Crippen LogP contribution is -2.29. The molecule has 488 valence electrons. The molecule has 1 amide bonds. The highest BCUT2D eigenvalue weighted by molar-refractivity contribution is 5.94. The fourth-order valence-corrected chi connectivity index (χ4v) is 12.5. The first kappa shape index (κ1) is 64.9. The summed E-state index contributed by atoms with van der Waals surface area (Å²) in [6.07, 6.45) is 24.6. The summed E-state index contributed by atoms with van der Waals surface area (Å²) >= 11 is 0. The largest absolute Gasteiger partial charge is 0.490 e. The molecule has 3 aromatic carbocycles. The summed E-state index contributed by atoms with van der Waals surface area (Å²) in [4.78, 5) is 48.2. The van der Waals surface area contributed by atoms with Gasteiger partial charge in [-0.15, -0.1) is 15.3 Å². The third-order valence-corrected chi connectivity index (χ3v) is 17.9. The first-order chi connectivity index (χ1) is 45.2. The van der Waals surface area contributed by atoms with Gasteiger partial charge in [-0.25, -0.2) is 24.0 Å². The number of carboxylic acids is 2. The molecule has 8 aromatic rings. The van der Waals surface area contributed by atoms with Crippen LogP contribution in [-0.2, 0) is 59.8 Å². The maximum absolute atomic E-state index is 12.5. The molecular formula is C69H82N14O10. The summed E-state index contributed by atoms with van der Waals surface area (Å²) in [5, 5.41) is 49.7. The predicted octanol–water partition coefficient (Wildman–Crippen LogP) is 11.4. The number of ether oxygens (including phenoxy) is 4. The van der Waals surface area contributed by atoms with E-state index in [1.807, 2.05) is 105 Å². The topological polar surface area (TPSA) is 297 Å². The molecule has 5 heterocycles. The Morgan fingerprint density at radius 3 is 1.90 bits per heavy atom. The van der Waals surface area contributed by atoms with E-state index < -0.39 is 11.9 Å². The zero-order valence-electron chi connectivity index (χ0n) is 53.2. The number of aryl methyl sites for hydroxylation is 3. The number of hydrogen-bond donors (Lipinski definition) is 4. The summed E-state index contributed by atoms with van der Waals surface area (Å²) in [7, 11) is 5.42. The second-order valence-corrected chi connectivity index (χ2v) is 25.0. The molecule has 0 saturated heterocycles. The van der Waals surface area contributed by atoms with Crippen LogP contribution in [0.15, 0.2) is 102 Å². The highest BCUT2D eigenvalue weighted by atomic mass is 16.5. The number of carboxylic acid groups (broad SMARTS) is 2. The van der Waals surface area contributed by atoms with Gasteiger partial charge in [-0.1, -0.05) is 72.2 Å². The SMILES string of the molecule is C[C@H]1CCC[C@H](OC#Cc2nnn(C)c2COc2nccc(C3CC3)n2)C1.Cn1nnc(-c2ccc(O[C@H]3CCC[C@H](C(=O)O)C3)cc2)c1CNc1ncc(C2CCCC2)o1.Cn1nnc(-c2ccc(O[C@H]3CCC[C@H](C(=O)O)C3)cc2)c1NC(=O)Cc1ccccc1. The van der Waals surface area contributed by atoms with Crippen molar-refractivity contribution in [3.05, 3.63) is 131 Å². The normalized spacial score (nSPS) is 20.3. The Morgan fingerprint density at radius 1 is 0.634 bits per heavy atom. The molecule has 6 atom stereocenters. The van der Waals surface area contributed by atoms with E-state index in [0.29, 0.717) is 78.5 Å². The molecule has 0 bridgehead atoms. The number of carbonyl (C=O) groups excluding carboxylic acids is 1. The van der Waals surface area contributed by atoms with Crippen molar-refractivity contribution in [2.45, 2.75) is 172 Å². The lowest BCUT2D eigenvalue weighted by molar-refractivity contribution is -0.144. The Bertz CT molecular complexity index is 3830. The van der Waals surface area contributed by atoms with Crippen LogP contribution in [0, 0.1) is 29.8 Å². The molecule has 5 fully saturated rings. The van der Waals surface area contributed by atoms with E-state index in [9.17, 15) is 24.6 Å². The Labute approximate surface area is 540 Å². The van der Waals surface area contributed by atoms with E-state index in [0.717, 1.165) is 95.9 Å². The van der Waals surface area contributed by atoms with Crippen LogP contribution in [0.5, 0.6) is 17.5 Å². The summed E-state index contributed by atoms with van der Waals surface area (Å²) in [5.41, 5.74) is 7.34. The van der Waals surface area contributed by atoms with Crippen LogP contribution in [0.3, 0.4) is 0 Å². The number of oxazole rings is 1. The average Bonchev–Trinajstić information content (AvgIpc) is 1.94. The first-order valence-corrected chi connectivity index (χ1v) is 32.6. The van der Waals surface area contributed by atoms with E-state index in [-0.39, 0.29) is 49.1 Å². The van der Waals surface area contributed by atoms with Crippen LogP contribution >= 0.6 is 0 Å². The molecule has 24 nitrogen and oxygen atoms in total. The lowest BCUT2D eigenvalue weighted by Gasteiger charge is -2.27. The van der Waals surface area contributed by atoms with Crippen LogP contribution < -0.4 is 24.8 Å². The van der Waals surface area contributed by atoms with E-state index in [1.54, 1.807) is 22.6 Å². The predicted molar refractivity (Wildman–Crippen MR) is 343 cm³/mol. The number of nitrogens with zero attached hydrogens (tertiary/aromatic N) is 12. The average molecular weight is 1270 g/mol. The van der Waals surface area contributed by atoms with Gasteiger partial charge in [0, 0.05) is 56.2 Å². The molecule has 4 N–H and O–H groups in total. The van der Waals surface area contributed by atoms with E-state index >= 15 is 0 Å². The summed E-state index contributed by atoms with van der Waals surface area (Å²) in [5.74, 6) is 5.37. The molecule has 5 aliphatic carbocycles. The van der Waals surface area contributed by atoms with Gasteiger partial charge in [0.05, 0.1) is 54.6 Å². The van der Waals surface area contributed by atoms with E-state index in [1.165, 1.54) is 56.0 Å². The number of benzene rings is 3. The monoisotopic (exact) mass is 1270 g/mol. The Hall–Kier alpha value is -9.66. The molecule has 5 aliphatic rings. The van der Waals surface area contributed by atoms with Gasteiger partial charge in [-0.3, -0.25) is 14.4 Å². The first-order valence-electron chi connectivity index (χ1n) is 32.6. The van der Waals surface area contributed by atoms with E-state index in [4.69, 9.17) is 23.4 Å². The quantitative estimate of drug-likeness (QED) is 0.0516. The van der Waals surface area contributed by atoms with Gasteiger partial charge >= 0.3 is 17.9 Å². The van der Waals surface area contributed by atoms with Crippen molar-refractivity contribution in [3.63, 3.8) is 0 Å². The molecular weight excluding hydrogens is 1180 g/mol. The zero-order chi connectivity index (χ0) is 64.6. The maximum Gasteiger partial charge on any atom is 0.316 e. The van der Waals surface area contributed by atoms with Crippen LogP contribution in [0.25, 0.3) is 22.5 Å². The second kappa shape index (κ2) is 31.1. The van der Waals surface area contributed by atoms with Crippen LogP contribution in [0.2, 0.25) is 0 Å². The fraction of sp³-hybridized carbons (Fsp3) is 0.478. The van der Waals surface area contributed by atoms with Gasteiger partial charge in [0.1, 0.15) is 53.2 Å². The molecule has 0 aliphatic heterocycles. The minimum Gasteiger partial charge on any atom is -0.490 e. The second-order valence-electron chi connectivity index (χ2n) is 25.0. The maximum atomic E-state index is 12.5. The van der Waals surface area contributed by atoms with Crippen molar-refractivity contribution in [2.75, 3.05) is 10.6 Å². The Morgan fingerprint density at radius 2 is 1.25 bits per heavy atom. The summed E-state index contributed by atoms with van der Waals surface area (Å²) in [6.45, 7) is 3.02. The van der Waals surface area contributed by atoms with Gasteiger partial charge in [0.2, 0.25) is 5.91 Å².